The highest BCUT2D eigenvalue weighted by atomic mass is 19.1. The third kappa shape index (κ3) is 4.22. The van der Waals surface area contributed by atoms with E-state index in [2.05, 4.69) is 10.2 Å². The van der Waals surface area contributed by atoms with Crippen molar-refractivity contribution in [2.45, 2.75) is 26.8 Å². The summed E-state index contributed by atoms with van der Waals surface area (Å²) in [7, 11) is 1.62. The van der Waals surface area contributed by atoms with Crippen molar-refractivity contribution in [2.75, 3.05) is 33.3 Å². The number of carbonyl (C=O) groups is 2. The van der Waals surface area contributed by atoms with Gasteiger partial charge < -0.3 is 10.1 Å². The number of nitrogens with zero attached hydrogens (tertiary/aromatic N) is 2. The first-order valence-corrected chi connectivity index (χ1v) is 8.85. The zero-order valence-electron chi connectivity index (χ0n) is 15.7. The molecule has 2 amide bonds. The lowest BCUT2D eigenvalue weighted by molar-refractivity contribution is -0.139. The molecule has 2 rings (SSSR count). The molecule has 1 aromatic rings. The van der Waals surface area contributed by atoms with Gasteiger partial charge in [0.25, 0.3) is 0 Å². The molecule has 0 aliphatic carbocycles. The molecule has 1 heterocycles. The van der Waals surface area contributed by atoms with E-state index in [4.69, 9.17) is 4.74 Å². The van der Waals surface area contributed by atoms with Crippen molar-refractivity contribution in [3.8, 4) is 0 Å². The molecule has 0 saturated carbocycles. The Bertz CT molecular complexity index is 701. The van der Waals surface area contributed by atoms with E-state index < -0.39 is 17.8 Å². The van der Waals surface area contributed by atoms with Crippen molar-refractivity contribution < 1.29 is 18.7 Å². The van der Waals surface area contributed by atoms with Gasteiger partial charge in [0.2, 0.25) is 0 Å². The summed E-state index contributed by atoms with van der Waals surface area (Å²) in [6.45, 7) is 7.95. The highest BCUT2D eigenvalue weighted by molar-refractivity contribution is 5.95. The second-order valence-electron chi connectivity index (χ2n) is 6.04. The Labute approximate surface area is 153 Å². The van der Waals surface area contributed by atoms with Gasteiger partial charge in [-0.3, -0.25) is 9.80 Å². The van der Waals surface area contributed by atoms with E-state index in [1.807, 2.05) is 13.8 Å². The molecule has 0 bridgehead atoms. The fourth-order valence-corrected chi connectivity index (χ4v) is 2.99. The van der Waals surface area contributed by atoms with Crippen LogP contribution < -0.4 is 5.32 Å². The lowest BCUT2D eigenvalue weighted by atomic mass is 9.94. The number of likely N-dealkylation sites (N-methyl/N-ethyl adjacent to an activating group) is 2. The van der Waals surface area contributed by atoms with Gasteiger partial charge in [0.05, 0.1) is 18.2 Å². The normalized spacial score (nSPS) is 17.5. The van der Waals surface area contributed by atoms with Crippen LogP contribution >= 0.6 is 0 Å². The maximum atomic E-state index is 13.7. The molecule has 142 valence electrons. The summed E-state index contributed by atoms with van der Waals surface area (Å²) in [5.41, 5.74) is 1.42. The van der Waals surface area contributed by atoms with Gasteiger partial charge in [0.1, 0.15) is 5.82 Å². The standard InChI is InChI=1S/C19H26FN3O3/c1-5-23(6-2)12-15-16(18(24)26-7-3)17(21-19(25)22(15)4)13-9-8-10-14(20)11-13/h8-11,17H,5-7,12H2,1-4H3,(H,21,25). The molecule has 1 aliphatic heterocycles. The fourth-order valence-electron chi connectivity index (χ4n) is 2.99. The van der Waals surface area contributed by atoms with Crippen LogP contribution in [0.1, 0.15) is 32.4 Å². The Morgan fingerprint density at radius 3 is 2.58 bits per heavy atom. The zero-order valence-corrected chi connectivity index (χ0v) is 15.7. The zero-order chi connectivity index (χ0) is 19.3. The number of urea groups is 1. The summed E-state index contributed by atoms with van der Waals surface area (Å²) >= 11 is 0. The largest absolute Gasteiger partial charge is 0.463 e. The highest BCUT2D eigenvalue weighted by Gasteiger charge is 2.37. The second-order valence-corrected chi connectivity index (χ2v) is 6.04. The minimum Gasteiger partial charge on any atom is -0.463 e. The van der Waals surface area contributed by atoms with Gasteiger partial charge in [-0.05, 0) is 37.7 Å². The molecule has 7 heteroatoms. The minimum atomic E-state index is -0.751. The number of esters is 1. The summed E-state index contributed by atoms with van der Waals surface area (Å²) in [6, 6.07) is 4.80. The van der Waals surface area contributed by atoms with Gasteiger partial charge in [-0.1, -0.05) is 26.0 Å². The third-order valence-corrected chi connectivity index (χ3v) is 4.52. The fraction of sp³-hybridized carbons (Fsp3) is 0.474. The van der Waals surface area contributed by atoms with Crippen molar-refractivity contribution in [1.82, 2.24) is 15.1 Å². The highest BCUT2D eigenvalue weighted by Crippen LogP contribution is 2.31. The maximum Gasteiger partial charge on any atom is 0.338 e. The molecule has 1 aliphatic rings. The van der Waals surface area contributed by atoms with Crippen LogP contribution in [0.5, 0.6) is 0 Å². The number of nitrogens with one attached hydrogen (secondary N) is 1. The van der Waals surface area contributed by atoms with Crippen molar-refractivity contribution in [1.29, 1.82) is 0 Å². The monoisotopic (exact) mass is 363 g/mol. The third-order valence-electron chi connectivity index (χ3n) is 4.52. The topological polar surface area (TPSA) is 61.9 Å². The number of hydrogen-bond donors (Lipinski definition) is 1. The Hall–Kier alpha value is -2.41. The Balaban J connectivity index is 2.59. The second kappa shape index (κ2) is 8.80. The van der Waals surface area contributed by atoms with E-state index in [1.54, 1.807) is 26.1 Å². The van der Waals surface area contributed by atoms with Gasteiger partial charge in [0.15, 0.2) is 0 Å². The lowest BCUT2D eigenvalue weighted by Gasteiger charge is -2.36. The molecule has 0 aromatic heterocycles. The molecule has 0 fully saturated rings. The summed E-state index contributed by atoms with van der Waals surface area (Å²) in [6.07, 6.45) is 0. The van der Waals surface area contributed by atoms with Crippen LogP contribution in [0.3, 0.4) is 0 Å². The Morgan fingerprint density at radius 1 is 1.31 bits per heavy atom. The Morgan fingerprint density at radius 2 is 2.00 bits per heavy atom. The Kier molecular flexibility index (Phi) is 6.74. The number of amides is 2. The minimum absolute atomic E-state index is 0.217. The molecule has 1 unspecified atom stereocenters. The van der Waals surface area contributed by atoms with Crippen LogP contribution in [0.4, 0.5) is 9.18 Å². The van der Waals surface area contributed by atoms with Crippen molar-refractivity contribution in [3.05, 3.63) is 46.9 Å². The van der Waals surface area contributed by atoms with E-state index in [9.17, 15) is 14.0 Å². The van der Waals surface area contributed by atoms with Crippen LogP contribution in [0.2, 0.25) is 0 Å². The van der Waals surface area contributed by atoms with Crippen molar-refractivity contribution in [3.63, 3.8) is 0 Å². The quantitative estimate of drug-likeness (QED) is 0.757. The summed E-state index contributed by atoms with van der Waals surface area (Å²) < 4.78 is 19.0. The lowest BCUT2D eigenvalue weighted by Crippen LogP contribution is -2.49. The van der Waals surface area contributed by atoms with E-state index in [0.29, 0.717) is 23.4 Å². The predicted molar refractivity (Wildman–Crippen MR) is 96.9 cm³/mol. The predicted octanol–water partition coefficient (Wildman–Crippen LogP) is 2.68. The average molecular weight is 363 g/mol. The summed E-state index contributed by atoms with van der Waals surface area (Å²) in [5.74, 6) is -0.931. The number of carbonyl (C=O) groups excluding carboxylic acids is 2. The molecule has 0 spiro atoms. The molecule has 26 heavy (non-hydrogen) atoms. The van der Waals surface area contributed by atoms with Gasteiger partial charge in [-0.15, -0.1) is 0 Å². The van der Waals surface area contributed by atoms with Gasteiger partial charge in [-0.25, -0.2) is 14.0 Å². The molecular weight excluding hydrogens is 337 g/mol. The molecule has 1 N–H and O–H groups in total. The van der Waals surface area contributed by atoms with Crippen molar-refractivity contribution >= 4 is 12.0 Å². The van der Waals surface area contributed by atoms with Crippen molar-refractivity contribution in [2.24, 2.45) is 0 Å². The molecule has 1 aromatic carbocycles. The molecular formula is C19H26FN3O3. The van der Waals surface area contributed by atoms with Crippen LogP contribution in [0.15, 0.2) is 35.5 Å². The van der Waals surface area contributed by atoms with Gasteiger partial charge >= 0.3 is 12.0 Å². The van der Waals surface area contributed by atoms with Crippen LogP contribution in [-0.2, 0) is 9.53 Å². The van der Waals surface area contributed by atoms with Crippen LogP contribution in [0, 0.1) is 5.82 Å². The molecule has 6 nitrogen and oxygen atoms in total. The number of hydrogen-bond acceptors (Lipinski definition) is 4. The first-order chi connectivity index (χ1) is 12.4. The van der Waals surface area contributed by atoms with Crippen LogP contribution in [0.25, 0.3) is 0 Å². The number of halogens is 1. The summed E-state index contributed by atoms with van der Waals surface area (Å²) in [5, 5.41) is 2.78. The van der Waals surface area contributed by atoms with E-state index >= 15 is 0 Å². The first kappa shape index (κ1) is 19.9. The number of ether oxygens (including phenoxy) is 1. The summed E-state index contributed by atoms with van der Waals surface area (Å²) in [4.78, 5) is 28.7. The molecule has 1 atom stereocenters. The molecule has 0 radical (unpaired) electrons. The maximum absolute atomic E-state index is 13.7. The average Bonchev–Trinajstić information content (AvgIpc) is 2.62. The smallest absolute Gasteiger partial charge is 0.338 e. The van der Waals surface area contributed by atoms with E-state index in [1.165, 1.54) is 17.0 Å². The van der Waals surface area contributed by atoms with E-state index in [-0.39, 0.29) is 12.6 Å². The first-order valence-electron chi connectivity index (χ1n) is 8.85. The van der Waals surface area contributed by atoms with E-state index in [0.717, 1.165) is 13.1 Å². The number of benzene rings is 1. The van der Waals surface area contributed by atoms with Gasteiger partial charge in [-0.2, -0.15) is 0 Å². The number of rotatable bonds is 7. The van der Waals surface area contributed by atoms with Gasteiger partial charge in [0, 0.05) is 19.3 Å². The molecule has 0 saturated heterocycles. The SMILES string of the molecule is CCOC(=O)C1=C(CN(CC)CC)N(C)C(=O)NC1c1cccc(F)c1. The van der Waals surface area contributed by atoms with Crippen LogP contribution in [-0.4, -0.2) is 55.1 Å².